The van der Waals surface area contributed by atoms with Crippen LogP contribution < -0.4 is 5.32 Å². The molecule has 1 aliphatic rings. The number of nitrogens with zero attached hydrogens (tertiary/aromatic N) is 2. The zero-order valence-electron chi connectivity index (χ0n) is 10.00. The van der Waals surface area contributed by atoms with E-state index in [2.05, 4.69) is 23.3 Å². The molecule has 0 amide bonds. The van der Waals surface area contributed by atoms with E-state index in [-0.39, 0.29) is 6.04 Å². The molecule has 0 aliphatic heterocycles. The molecular formula is C12H23N3. The van der Waals surface area contributed by atoms with Crippen molar-refractivity contribution in [3.05, 3.63) is 0 Å². The summed E-state index contributed by atoms with van der Waals surface area (Å²) < 4.78 is 0. The number of hydrogen-bond donors (Lipinski definition) is 1. The molecule has 0 radical (unpaired) electrons. The minimum Gasteiger partial charge on any atom is -0.301 e. The Morgan fingerprint density at radius 3 is 2.60 bits per heavy atom. The maximum atomic E-state index is 8.97. The van der Waals surface area contributed by atoms with Gasteiger partial charge >= 0.3 is 0 Å². The summed E-state index contributed by atoms with van der Waals surface area (Å²) >= 11 is 0. The van der Waals surface area contributed by atoms with E-state index in [0.29, 0.717) is 6.04 Å². The van der Waals surface area contributed by atoms with Crippen molar-refractivity contribution < 1.29 is 0 Å². The predicted molar refractivity (Wildman–Crippen MR) is 62.6 cm³/mol. The van der Waals surface area contributed by atoms with E-state index in [1.807, 2.05) is 6.92 Å². The van der Waals surface area contributed by atoms with E-state index in [1.165, 1.54) is 32.1 Å². The summed E-state index contributed by atoms with van der Waals surface area (Å²) in [6.45, 7) is 3.77. The Kier molecular flexibility index (Phi) is 5.67. The number of likely N-dealkylation sites (N-methyl/N-ethyl adjacent to an activating group) is 2. The zero-order valence-corrected chi connectivity index (χ0v) is 10.00. The number of hydrogen-bond acceptors (Lipinski definition) is 3. The lowest BCUT2D eigenvalue weighted by Crippen LogP contribution is -2.43. The third-order valence-electron chi connectivity index (χ3n) is 3.27. The molecule has 0 aromatic carbocycles. The maximum absolute atomic E-state index is 8.97. The Morgan fingerprint density at radius 1 is 1.40 bits per heavy atom. The zero-order chi connectivity index (χ0) is 11.1. The number of nitrogens with one attached hydrogen (secondary N) is 1. The second-order valence-electron chi connectivity index (χ2n) is 4.47. The van der Waals surface area contributed by atoms with E-state index in [1.54, 1.807) is 0 Å². The fourth-order valence-electron chi connectivity index (χ4n) is 2.36. The smallest absolute Gasteiger partial charge is 0.108 e. The molecule has 1 atom stereocenters. The molecule has 0 heterocycles. The average Bonchev–Trinajstić information content (AvgIpc) is 2.29. The lowest BCUT2D eigenvalue weighted by atomic mass is 9.94. The first-order chi connectivity index (χ1) is 7.27. The van der Waals surface area contributed by atoms with Crippen LogP contribution in [0.2, 0.25) is 0 Å². The van der Waals surface area contributed by atoms with Crippen LogP contribution in [0.5, 0.6) is 0 Å². The Labute approximate surface area is 93.5 Å². The van der Waals surface area contributed by atoms with E-state index in [4.69, 9.17) is 5.26 Å². The summed E-state index contributed by atoms with van der Waals surface area (Å²) in [7, 11) is 2.15. The Morgan fingerprint density at radius 2 is 2.07 bits per heavy atom. The summed E-state index contributed by atoms with van der Waals surface area (Å²) in [4.78, 5) is 2.36. The molecule has 0 aromatic rings. The molecule has 3 nitrogen and oxygen atoms in total. The van der Waals surface area contributed by atoms with Gasteiger partial charge in [0.25, 0.3) is 0 Å². The van der Waals surface area contributed by atoms with Gasteiger partial charge in [0.1, 0.15) is 6.04 Å². The van der Waals surface area contributed by atoms with Crippen molar-refractivity contribution >= 4 is 0 Å². The highest BCUT2D eigenvalue weighted by molar-refractivity contribution is 4.92. The van der Waals surface area contributed by atoms with Crippen molar-refractivity contribution in [2.45, 2.75) is 51.1 Å². The molecule has 15 heavy (non-hydrogen) atoms. The lowest BCUT2D eigenvalue weighted by Gasteiger charge is -2.32. The van der Waals surface area contributed by atoms with E-state index in [0.717, 1.165) is 13.1 Å². The van der Waals surface area contributed by atoms with E-state index in [9.17, 15) is 0 Å². The summed E-state index contributed by atoms with van der Waals surface area (Å²) in [6, 6.07) is 3.01. The van der Waals surface area contributed by atoms with Crippen LogP contribution in [0.25, 0.3) is 0 Å². The highest BCUT2D eigenvalue weighted by atomic mass is 15.2. The first-order valence-corrected chi connectivity index (χ1v) is 6.11. The first kappa shape index (κ1) is 12.5. The molecule has 1 saturated carbocycles. The van der Waals surface area contributed by atoms with Gasteiger partial charge < -0.3 is 10.2 Å². The van der Waals surface area contributed by atoms with Crippen molar-refractivity contribution in [1.82, 2.24) is 10.2 Å². The second kappa shape index (κ2) is 6.81. The van der Waals surface area contributed by atoms with Crippen molar-refractivity contribution in [1.29, 1.82) is 5.26 Å². The van der Waals surface area contributed by atoms with Crippen LogP contribution in [0.3, 0.4) is 0 Å². The van der Waals surface area contributed by atoms with Crippen molar-refractivity contribution in [3.8, 4) is 6.07 Å². The van der Waals surface area contributed by atoms with Crippen molar-refractivity contribution in [3.63, 3.8) is 0 Å². The quantitative estimate of drug-likeness (QED) is 0.750. The average molecular weight is 209 g/mol. The first-order valence-electron chi connectivity index (χ1n) is 6.11. The molecule has 0 spiro atoms. The summed E-state index contributed by atoms with van der Waals surface area (Å²) in [5.41, 5.74) is 0. The Bertz CT molecular complexity index is 203. The molecule has 1 unspecified atom stereocenters. The predicted octanol–water partition coefficient (Wildman–Crippen LogP) is 1.75. The minimum atomic E-state index is -0.0121. The highest BCUT2D eigenvalue weighted by Crippen LogP contribution is 2.21. The molecule has 1 N–H and O–H groups in total. The van der Waals surface area contributed by atoms with Gasteiger partial charge in [0.05, 0.1) is 6.07 Å². The van der Waals surface area contributed by atoms with E-state index < -0.39 is 0 Å². The Hall–Kier alpha value is -0.590. The molecule has 1 fully saturated rings. The van der Waals surface area contributed by atoms with Crippen LogP contribution in [0, 0.1) is 11.3 Å². The van der Waals surface area contributed by atoms with Crippen LogP contribution >= 0.6 is 0 Å². The summed E-state index contributed by atoms with van der Waals surface area (Å²) in [6.07, 6.45) is 6.71. The standard InChI is InChI=1S/C12H23N3/c1-3-14-11(9-13)10-15(2)12-7-5-4-6-8-12/h11-12,14H,3-8,10H2,1-2H3. The fraction of sp³-hybridized carbons (Fsp3) is 0.917. The molecule has 86 valence electrons. The van der Waals surface area contributed by atoms with Gasteiger partial charge in [-0.05, 0) is 26.4 Å². The third-order valence-corrected chi connectivity index (χ3v) is 3.27. The topological polar surface area (TPSA) is 39.1 Å². The van der Waals surface area contributed by atoms with E-state index >= 15 is 0 Å². The van der Waals surface area contributed by atoms with Gasteiger partial charge in [0, 0.05) is 12.6 Å². The maximum Gasteiger partial charge on any atom is 0.108 e. The third kappa shape index (κ3) is 4.19. The van der Waals surface area contributed by atoms with Gasteiger partial charge in [-0.3, -0.25) is 0 Å². The Balaban J connectivity index is 2.32. The monoisotopic (exact) mass is 209 g/mol. The van der Waals surface area contributed by atoms with Gasteiger partial charge in [0.15, 0.2) is 0 Å². The van der Waals surface area contributed by atoms with Gasteiger partial charge in [0.2, 0.25) is 0 Å². The van der Waals surface area contributed by atoms with Crippen LogP contribution in [0.15, 0.2) is 0 Å². The molecule has 0 saturated heterocycles. The lowest BCUT2D eigenvalue weighted by molar-refractivity contribution is 0.183. The fourth-order valence-corrected chi connectivity index (χ4v) is 2.36. The largest absolute Gasteiger partial charge is 0.301 e. The second-order valence-corrected chi connectivity index (χ2v) is 4.47. The van der Waals surface area contributed by atoms with Gasteiger partial charge in [-0.15, -0.1) is 0 Å². The minimum absolute atomic E-state index is 0.0121. The SMILES string of the molecule is CCNC(C#N)CN(C)C1CCCCC1. The highest BCUT2D eigenvalue weighted by Gasteiger charge is 2.20. The van der Waals surface area contributed by atoms with Gasteiger partial charge in [-0.25, -0.2) is 0 Å². The van der Waals surface area contributed by atoms with Crippen LogP contribution in [-0.2, 0) is 0 Å². The molecule has 1 rings (SSSR count). The molecular weight excluding hydrogens is 186 g/mol. The van der Waals surface area contributed by atoms with Crippen LogP contribution in [-0.4, -0.2) is 37.1 Å². The summed E-state index contributed by atoms with van der Waals surface area (Å²) in [5.74, 6) is 0. The van der Waals surface area contributed by atoms with Gasteiger partial charge in [-0.1, -0.05) is 26.2 Å². The summed E-state index contributed by atoms with van der Waals surface area (Å²) in [5, 5.41) is 12.2. The number of nitriles is 1. The van der Waals surface area contributed by atoms with Crippen molar-refractivity contribution in [2.75, 3.05) is 20.1 Å². The van der Waals surface area contributed by atoms with Crippen molar-refractivity contribution in [2.24, 2.45) is 0 Å². The molecule has 1 aliphatic carbocycles. The van der Waals surface area contributed by atoms with Crippen LogP contribution in [0.4, 0.5) is 0 Å². The normalized spacial score (nSPS) is 20.1. The van der Waals surface area contributed by atoms with Gasteiger partial charge in [-0.2, -0.15) is 5.26 Å². The van der Waals surface area contributed by atoms with Crippen LogP contribution in [0.1, 0.15) is 39.0 Å². The number of rotatable bonds is 5. The molecule has 3 heteroatoms. The molecule has 0 bridgehead atoms. The molecule has 0 aromatic heterocycles.